The molecule has 0 spiro atoms. The van der Waals surface area contributed by atoms with E-state index in [0.717, 1.165) is 0 Å². The van der Waals surface area contributed by atoms with Gasteiger partial charge in [-0.2, -0.15) is 12.6 Å². The van der Waals surface area contributed by atoms with Gasteiger partial charge in [0.1, 0.15) is 0 Å². The fourth-order valence-electron chi connectivity index (χ4n) is 1.14. The molecule has 0 aliphatic heterocycles. The monoisotopic (exact) mass is 131 g/mol. The van der Waals surface area contributed by atoms with Gasteiger partial charge in [-0.05, 0) is 12.8 Å². The van der Waals surface area contributed by atoms with Crippen LogP contribution in [0.25, 0.3) is 0 Å². The molecule has 1 nitrogen and oxygen atoms in total. The molecular weight excluding hydrogens is 118 g/mol. The zero-order valence-corrected chi connectivity index (χ0v) is 5.90. The van der Waals surface area contributed by atoms with Crippen molar-refractivity contribution >= 4 is 12.6 Å². The molecule has 2 atom stereocenters. The lowest BCUT2D eigenvalue weighted by Crippen LogP contribution is -2.33. The minimum absolute atomic E-state index is 0.368. The zero-order valence-electron chi connectivity index (χ0n) is 5.01. The van der Waals surface area contributed by atoms with E-state index in [1.54, 1.807) is 0 Å². The van der Waals surface area contributed by atoms with Crippen molar-refractivity contribution in [1.82, 2.24) is 0 Å². The van der Waals surface area contributed by atoms with Crippen LogP contribution in [-0.2, 0) is 0 Å². The Bertz CT molecular complexity index is 64.9. The predicted molar refractivity (Wildman–Crippen MR) is 39.2 cm³/mol. The van der Waals surface area contributed by atoms with Gasteiger partial charge in [-0.15, -0.1) is 0 Å². The van der Waals surface area contributed by atoms with E-state index in [4.69, 9.17) is 5.73 Å². The molecule has 48 valence electrons. The first kappa shape index (κ1) is 6.43. The molecule has 2 heteroatoms. The summed E-state index contributed by atoms with van der Waals surface area (Å²) in [6.07, 6.45) is 5.01. The first-order valence-corrected chi connectivity index (χ1v) is 3.76. The van der Waals surface area contributed by atoms with E-state index in [0.29, 0.717) is 11.3 Å². The second-order valence-electron chi connectivity index (χ2n) is 2.52. The first-order valence-electron chi connectivity index (χ1n) is 3.24. The summed E-state index contributed by atoms with van der Waals surface area (Å²) in [6, 6.07) is 0.368. The van der Waals surface area contributed by atoms with Gasteiger partial charge in [0, 0.05) is 11.3 Å². The van der Waals surface area contributed by atoms with Crippen molar-refractivity contribution in [3.63, 3.8) is 0 Å². The molecule has 0 bridgehead atoms. The third-order valence-corrected chi connectivity index (χ3v) is 2.42. The van der Waals surface area contributed by atoms with Crippen LogP contribution in [0.3, 0.4) is 0 Å². The molecule has 2 N–H and O–H groups in total. The summed E-state index contributed by atoms with van der Waals surface area (Å²) in [6.45, 7) is 0. The highest BCUT2D eigenvalue weighted by Gasteiger charge is 2.16. The summed E-state index contributed by atoms with van der Waals surface area (Å²) in [7, 11) is 0. The Labute approximate surface area is 56.1 Å². The van der Waals surface area contributed by atoms with Crippen LogP contribution in [0.5, 0.6) is 0 Å². The predicted octanol–water partition coefficient (Wildman–Crippen LogP) is 1.19. The van der Waals surface area contributed by atoms with E-state index in [2.05, 4.69) is 12.6 Å². The van der Waals surface area contributed by atoms with Crippen molar-refractivity contribution in [2.45, 2.75) is 37.0 Å². The topological polar surface area (TPSA) is 26.0 Å². The third kappa shape index (κ3) is 1.39. The van der Waals surface area contributed by atoms with Gasteiger partial charge in [0.15, 0.2) is 0 Å². The average molecular weight is 131 g/mol. The minimum atomic E-state index is 0.368. The maximum absolute atomic E-state index is 5.70. The Balaban J connectivity index is 2.28. The number of hydrogen-bond acceptors (Lipinski definition) is 2. The smallest absolute Gasteiger partial charge is 0.0168 e. The lowest BCUT2D eigenvalue weighted by Gasteiger charge is -2.23. The summed E-state index contributed by atoms with van der Waals surface area (Å²) >= 11 is 4.33. The van der Waals surface area contributed by atoms with Gasteiger partial charge in [0.25, 0.3) is 0 Å². The minimum Gasteiger partial charge on any atom is -0.327 e. The second kappa shape index (κ2) is 2.74. The number of rotatable bonds is 0. The molecule has 8 heavy (non-hydrogen) atoms. The summed E-state index contributed by atoms with van der Waals surface area (Å²) in [5, 5.41) is 0.476. The van der Waals surface area contributed by atoms with E-state index >= 15 is 0 Å². The Hall–Kier alpha value is 0.310. The summed E-state index contributed by atoms with van der Waals surface area (Å²) in [5.74, 6) is 0. The van der Waals surface area contributed by atoms with Gasteiger partial charge in [0.05, 0.1) is 0 Å². The van der Waals surface area contributed by atoms with Crippen molar-refractivity contribution in [3.8, 4) is 0 Å². The molecule has 1 aliphatic carbocycles. The van der Waals surface area contributed by atoms with Crippen LogP contribution in [0, 0.1) is 0 Å². The van der Waals surface area contributed by atoms with Gasteiger partial charge < -0.3 is 5.73 Å². The van der Waals surface area contributed by atoms with E-state index < -0.39 is 0 Å². The van der Waals surface area contributed by atoms with E-state index in [-0.39, 0.29) is 0 Å². The lowest BCUT2D eigenvalue weighted by molar-refractivity contribution is 0.455. The van der Waals surface area contributed by atoms with Gasteiger partial charge >= 0.3 is 0 Å². The standard InChI is InChI=1S/C6H13NS/c7-5-3-1-2-4-6(5)8/h5-6,8H,1-4,7H2/t5-,6+/m1/s1. The highest BCUT2D eigenvalue weighted by molar-refractivity contribution is 7.81. The molecule has 0 radical (unpaired) electrons. The highest BCUT2D eigenvalue weighted by Crippen LogP contribution is 2.20. The number of nitrogens with two attached hydrogens (primary N) is 1. The normalized spacial score (nSPS) is 39.8. The zero-order chi connectivity index (χ0) is 5.98. The van der Waals surface area contributed by atoms with Gasteiger partial charge in [-0.1, -0.05) is 12.8 Å². The molecule has 0 saturated heterocycles. The van der Waals surface area contributed by atoms with Crippen LogP contribution in [-0.4, -0.2) is 11.3 Å². The Morgan fingerprint density at radius 2 is 1.88 bits per heavy atom. The molecule has 0 aromatic carbocycles. The van der Waals surface area contributed by atoms with Crippen LogP contribution in [0.1, 0.15) is 25.7 Å². The molecule has 0 amide bonds. The van der Waals surface area contributed by atoms with Crippen molar-refractivity contribution in [2.24, 2.45) is 5.73 Å². The van der Waals surface area contributed by atoms with E-state index in [1.807, 2.05) is 0 Å². The largest absolute Gasteiger partial charge is 0.327 e. The average Bonchev–Trinajstić information content (AvgIpc) is 1.77. The van der Waals surface area contributed by atoms with Crippen LogP contribution in [0.15, 0.2) is 0 Å². The van der Waals surface area contributed by atoms with Crippen LogP contribution < -0.4 is 5.73 Å². The van der Waals surface area contributed by atoms with Gasteiger partial charge in [-0.3, -0.25) is 0 Å². The van der Waals surface area contributed by atoms with Crippen LogP contribution >= 0.6 is 12.6 Å². The fraction of sp³-hybridized carbons (Fsp3) is 1.00. The second-order valence-corrected chi connectivity index (χ2v) is 3.18. The SMILES string of the molecule is N[C@@H]1CCCC[C@@H]1S. The Morgan fingerprint density at radius 3 is 2.25 bits per heavy atom. The quantitative estimate of drug-likeness (QED) is 0.474. The molecule has 0 aromatic heterocycles. The van der Waals surface area contributed by atoms with Crippen molar-refractivity contribution < 1.29 is 0 Å². The fourth-order valence-corrected chi connectivity index (χ4v) is 1.47. The summed E-state index contributed by atoms with van der Waals surface area (Å²) < 4.78 is 0. The molecule has 0 unspecified atom stereocenters. The van der Waals surface area contributed by atoms with Crippen molar-refractivity contribution in [1.29, 1.82) is 0 Å². The van der Waals surface area contributed by atoms with Gasteiger partial charge in [0.2, 0.25) is 0 Å². The van der Waals surface area contributed by atoms with Crippen LogP contribution in [0.4, 0.5) is 0 Å². The number of hydrogen-bond donors (Lipinski definition) is 2. The van der Waals surface area contributed by atoms with E-state index in [1.165, 1.54) is 25.7 Å². The molecule has 0 heterocycles. The maximum atomic E-state index is 5.70. The van der Waals surface area contributed by atoms with E-state index in [9.17, 15) is 0 Å². The maximum Gasteiger partial charge on any atom is 0.0168 e. The van der Waals surface area contributed by atoms with Gasteiger partial charge in [-0.25, -0.2) is 0 Å². The molecule has 1 saturated carbocycles. The first-order chi connectivity index (χ1) is 3.80. The highest BCUT2D eigenvalue weighted by atomic mass is 32.1. The van der Waals surface area contributed by atoms with Crippen LogP contribution in [0.2, 0.25) is 0 Å². The Kier molecular flexibility index (Phi) is 2.20. The molecular formula is C6H13NS. The molecule has 1 rings (SSSR count). The van der Waals surface area contributed by atoms with Crippen molar-refractivity contribution in [3.05, 3.63) is 0 Å². The molecule has 0 aromatic rings. The molecule has 1 aliphatic rings. The summed E-state index contributed by atoms with van der Waals surface area (Å²) in [5.41, 5.74) is 5.70. The van der Waals surface area contributed by atoms with Crippen molar-refractivity contribution in [2.75, 3.05) is 0 Å². The number of thiol groups is 1. The third-order valence-electron chi connectivity index (χ3n) is 1.78. The Morgan fingerprint density at radius 1 is 1.25 bits per heavy atom. The lowest BCUT2D eigenvalue weighted by atomic mass is 9.96. The molecule has 1 fully saturated rings. The summed E-state index contributed by atoms with van der Waals surface area (Å²) in [4.78, 5) is 0.